The van der Waals surface area contributed by atoms with Crippen LogP contribution >= 0.6 is 51.3 Å². The van der Waals surface area contributed by atoms with Gasteiger partial charge in [-0.05, 0) is 52.3 Å². The number of rotatable bonds is 3. The first-order chi connectivity index (χ1) is 8.97. The van der Waals surface area contributed by atoms with Gasteiger partial charge in [-0.1, -0.05) is 35.4 Å². The van der Waals surface area contributed by atoms with Crippen molar-refractivity contribution in [3.63, 3.8) is 0 Å². The summed E-state index contributed by atoms with van der Waals surface area (Å²) in [5.41, 5.74) is 6.25. The van der Waals surface area contributed by atoms with Crippen LogP contribution in [0.25, 0.3) is 0 Å². The summed E-state index contributed by atoms with van der Waals surface area (Å²) in [7, 11) is 0. The molecular weight excluding hydrogens is 369 g/mol. The van der Waals surface area contributed by atoms with Crippen LogP contribution in [0.4, 0.5) is 0 Å². The van der Waals surface area contributed by atoms with E-state index in [9.17, 15) is 0 Å². The minimum atomic E-state index is 0.225. The maximum absolute atomic E-state index is 5.92. The molecule has 2 aromatic rings. The Bertz CT molecular complexity index is 649. The Morgan fingerprint density at radius 2 is 1.63 bits per heavy atom. The lowest BCUT2D eigenvalue weighted by atomic mass is 10.2. The molecule has 2 rings (SSSR count). The number of ether oxygens (including phenoxy) is 1. The second-order valence-electron chi connectivity index (χ2n) is 3.68. The molecule has 0 saturated heterocycles. The molecule has 0 aliphatic carbocycles. The van der Waals surface area contributed by atoms with Crippen molar-refractivity contribution >= 4 is 56.3 Å². The van der Waals surface area contributed by atoms with E-state index >= 15 is 0 Å². The summed E-state index contributed by atoms with van der Waals surface area (Å²) in [6.45, 7) is 0. The van der Waals surface area contributed by atoms with Crippen LogP contribution in [0, 0.1) is 0 Å². The highest BCUT2D eigenvalue weighted by atomic mass is 79.9. The monoisotopic (exact) mass is 375 g/mol. The molecule has 0 aromatic heterocycles. The minimum absolute atomic E-state index is 0.225. The zero-order valence-corrected chi connectivity index (χ0v) is 13.4. The van der Waals surface area contributed by atoms with Crippen LogP contribution in [0.2, 0.25) is 10.0 Å². The van der Waals surface area contributed by atoms with E-state index in [2.05, 4.69) is 15.9 Å². The van der Waals surface area contributed by atoms with Crippen LogP contribution in [-0.2, 0) is 0 Å². The van der Waals surface area contributed by atoms with E-state index in [1.54, 1.807) is 36.4 Å². The highest BCUT2D eigenvalue weighted by molar-refractivity contribution is 9.10. The lowest BCUT2D eigenvalue weighted by molar-refractivity contribution is 0.479. The third kappa shape index (κ3) is 3.60. The molecule has 0 spiro atoms. The molecule has 2 aromatic carbocycles. The number of halogens is 3. The molecule has 0 saturated carbocycles. The van der Waals surface area contributed by atoms with Crippen LogP contribution in [0.5, 0.6) is 11.5 Å². The molecule has 0 radical (unpaired) electrons. The zero-order chi connectivity index (χ0) is 14.0. The van der Waals surface area contributed by atoms with Crippen LogP contribution in [0.3, 0.4) is 0 Å². The van der Waals surface area contributed by atoms with Crippen LogP contribution in [0.15, 0.2) is 40.9 Å². The smallest absolute Gasteiger partial charge is 0.141 e. The van der Waals surface area contributed by atoms with Gasteiger partial charge < -0.3 is 10.5 Å². The molecule has 0 fully saturated rings. The maximum Gasteiger partial charge on any atom is 0.141 e. The van der Waals surface area contributed by atoms with Crippen molar-refractivity contribution in [3.8, 4) is 11.5 Å². The zero-order valence-electron chi connectivity index (χ0n) is 9.49. The van der Waals surface area contributed by atoms with E-state index in [4.69, 9.17) is 45.9 Å². The van der Waals surface area contributed by atoms with Gasteiger partial charge in [0, 0.05) is 10.0 Å². The number of nitrogens with two attached hydrogens (primary N) is 1. The largest absolute Gasteiger partial charge is 0.455 e. The highest BCUT2D eigenvalue weighted by Gasteiger charge is 2.10. The predicted molar refractivity (Wildman–Crippen MR) is 86.6 cm³/mol. The van der Waals surface area contributed by atoms with Gasteiger partial charge in [0.25, 0.3) is 0 Å². The Morgan fingerprint density at radius 3 is 2.21 bits per heavy atom. The summed E-state index contributed by atoms with van der Waals surface area (Å²) in [5.74, 6) is 1.16. The molecule has 0 heterocycles. The summed E-state index contributed by atoms with van der Waals surface area (Å²) in [4.78, 5) is 0.225. The van der Waals surface area contributed by atoms with E-state index in [1.807, 2.05) is 0 Å². The predicted octanol–water partition coefficient (Wildman–Crippen LogP) is 5.18. The quantitative estimate of drug-likeness (QED) is 0.749. The lowest BCUT2D eigenvalue weighted by Crippen LogP contribution is -2.10. The van der Waals surface area contributed by atoms with E-state index in [0.29, 0.717) is 27.1 Å². The maximum atomic E-state index is 5.92. The SMILES string of the molecule is NC(=S)c1cc(Cl)ccc1Oc1ccc(Cl)cc1Br. The Kier molecular flexibility index (Phi) is 4.68. The van der Waals surface area contributed by atoms with Gasteiger partial charge in [0.15, 0.2) is 0 Å². The summed E-state index contributed by atoms with van der Waals surface area (Å²) >= 11 is 20.2. The second kappa shape index (κ2) is 6.09. The molecule has 0 bridgehead atoms. The van der Waals surface area contributed by atoms with Crippen molar-refractivity contribution in [1.82, 2.24) is 0 Å². The third-order valence-electron chi connectivity index (χ3n) is 2.32. The van der Waals surface area contributed by atoms with E-state index in [0.717, 1.165) is 4.47 Å². The number of thiocarbonyl (C=S) groups is 1. The number of benzene rings is 2. The second-order valence-corrected chi connectivity index (χ2v) is 5.85. The Morgan fingerprint density at radius 1 is 1.05 bits per heavy atom. The number of hydrogen-bond donors (Lipinski definition) is 1. The average molecular weight is 377 g/mol. The molecule has 0 aliphatic heterocycles. The van der Waals surface area contributed by atoms with Crippen molar-refractivity contribution in [2.24, 2.45) is 5.73 Å². The van der Waals surface area contributed by atoms with Crippen molar-refractivity contribution in [3.05, 3.63) is 56.5 Å². The summed E-state index contributed by atoms with van der Waals surface area (Å²) in [5, 5.41) is 1.16. The van der Waals surface area contributed by atoms with Crippen LogP contribution < -0.4 is 10.5 Å². The Labute approximate surface area is 134 Å². The Balaban J connectivity index is 2.40. The van der Waals surface area contributed by atoms with Gasteiger partial charge >= 0.3 is 0 Å². The van der Waals surface area contributed by atoms with Crippen molar-refractivity contribution in [2.45, 2.75) is 0 Å². The topological polar surface area (TPSA) is 35.2 Å². The molecule has 6 heteroatoms. The summed E-state index contributed by atoms with van der Waals surface area (Å²) < 4.78 is 6.52. The molecule has 2 nitrogen and oxygen atoms in total. The van der Waals surface area contributed by atoms with Crippen molar-refractivity contribution in [2.75, 3.05) is 0 Å². The van der Waals surface area contributed by atoms with Crippen LogP contribution in [0.1, 0.15) is 5.56 Å². The molecule has 0 amide bonds. The molecule has 0 atom stereocenters. The molecule has 2 N–H and O–H groups in total. The molecule has 0 aliphatic rings. The first-order valence-electron chi connectivity index (χ1n) is 5.19. The number of hydrogen-bond acceptors (Lipinski definition) is 2. The van der Waals surface area contributed by atoms with Gasteiger partial charge in [-0.3, -0.25) is 0 Å². The van der Waals surface area contributed by atoms with Gasteiger partial charge in [0.05, 0.1) is 10.0 Å². The first kappa shape index (κ1) is 14.6. The average Bonchev–Trinajstić information content (AvgIpc) is 2.34. The molecule has 19 heavy (non-hydrogen) atoms. The van der Waals surface area contributed by atoms with Gasteiger partial charge in [-0.2, -0.15) is 0 Å². The van der Waals surface area contributed by atoms with Gasteiger partial charge in [0.2, 0.25) is 0 Å². The fourth-order valence-electron chi connectivity index (χ4n) is 1.46. The van der Waals surface area contributed by atoms with Gasteiger partial charge in [-0.15, -0.1) is 0 Å². The van der Waals surface area contributed by atoms with E-state index in [1.165, 1.54) is 0 Å². The fraction of sp³-hybridized carbons (Fsp3) is 0. The molecule has 98 valence electrons. The summed E-state index contributed by atoms with van der Waals surface area (Å²) in [6, 6.07) is 10.3. The van der Waals surface area contributed by atoms with E-state index in [-0.39, 0.29) is 4.99 Å². The van der Waals surface area contributed by atoms with Crippen molar-refractivity contribution < 1.29 is 4.74 Å². The lowest BCUT2D eigenvalue weighted by Gasteiger charge is -2.12. The third-order valence-corrected chi connectivity index (χ3v) is 3.63. The summed E-state index contributed by atoms with van der Waals surface area (Å²) in [6.07, 6.45) is 0. The van der Waals surface area contributed by atoms with Gasteiger partial charge in [-0.25, -0.2) is 0 Å². The van der Waals surface area contributed by atoms with Crippen LogP contribution in [-0.4, -0.2) is 4.99 Å². The van der Waals surface area contributed by atoms with E-state index < -0.39 is 0 Å². The fourth-order valence-corrected chi connectivity index (χ4v) is 2.56. The van der Waals surface area contributed by atoms with Gasteiger partial charge in [0.1, 0.15) is 16.5 Å². The molecule has 0 unspecified atom stereocenters. The normalized spacial score (nSPS) is 10.3. The minimum Gasteiger partial charge on any atom is -0.455 e. The van der Waals surface area contributed by atoms with Crippen molar-refractivity contribution in [1.29, 1.82) is 0 Å². The highest BCUT2D eigenvalue weighted by Crippen LogP contribution is 2.34. The molecular formula is C13H8BrCl2NOS. The Hall–Kier alpha value is -0.810. The standard InChI is InChI=1S/C13H8BrCl2NOS/c14-10-6-8(16)2-4-12(10)18-11-3-1-7(15)5-9(11)13(17)19/h1-6H,(H2,17,19). The first-order valence-corrected chi connectivity index (χ1v) is 7.15.